The maximum absolute atomic E-state index is 13.3. The maximum atomic E-state index is 13.3. The summed E-state index contributed by atoms with van der Waals surface area (Å²) >= 11 is 1.45. The van der Waals surface area contributed by atoms with Gasteiger partial charge in [-0.15, -0.1) is 11.3 Å². The Morgan fingerprint density at radius 1 is 1.24 bits per heavy atom. The number of thiophene rings is 1. The van der Waals surface area contributed by atoms with E-state index in [0.29, 0.717) is 28.7 Å². The predicted octanol–water partition coefficient (Wildman–Crippen LogP) is 4.06. The predicted molar refractivity (Wildman–Crippen MR) is 130 cm³/mol. The highest BCUT2D eigenvalue weighted by Crippen LogP contribution is 2.44. The number of hydrogen-bond donors (Lipinski definition) is 2. The van der Waals surface area contributed by atoms with Crippen LogP contribution in [0.4, 0.5) is 5.00 Å². The number of carbonyl (C=O) groups excluding carboxylic acids is 2. The summed E-state index contributed by atoms with van der Waals surface area (Å²) in [7, 11) is -3.11. The topological polar surface area (TPSA) is 105 Å². The van der Waals surface area contributed by atoms with Crippen LogP contribution in [0.1, 0.15) is 60.2 Å². The lowest BCUT2D eigenvalue weighted by Gasteiger charge is -2.33. The van der Waals surface area contributed by atoms with Crippen LogP contribution in [-0.2, 0) is 27.5 Å². The van der Waals surface area contributed by atoms with Gasteiger partial charge in [0.1, 0.15) is 10.8 Å². The molecule has 3 heterocycles. The molecule has 4 rings (SSSR count). The Morgan fingerprint density at radius 2 is 2.03 bits per heavy atom. The van der Waals surface area contributed by atoms with Crippen LogP contribution in [0.15, 0.2) is 28.9 Å². The molecule has 1 aliphatic carbocycles. The fourth-order valence-electron chi connectivity index (χ4n) is 4.52. The van der Waals surface area contributed by atoms with Crippen LogP contribution in [0.25, 0.3) is 6.08 Å². The molecule has 178 valence electrons. The molecule has 2 aliphatic rings. The minimum atomic E-state index is -3.11. The summed E-state index contributed by atoms with van der Waals surface area (Å²) in [4.78, 5) is 27.0. The van der Waals surface area contributed by atoms with Crippen molar-refractivity contribution in [2.24, 2.45) is 11.3 Å². The molecule has 33 heavy (non-hydrogen) atoms. The second-order valence-electron chi connectivity index (χ2n) is 9.93. The smallest absolute Gasteiger partial charge is 0.254 e. The van der Waals surface area contributed by atoms with Crippen molar-refractivity contribution in [2.45, 2.75) is 52.5 Å². The first kappa shape index (κ1) is 23.8. The van der Waals surface area contributed by atoms with Gasteiger partial charge in [-0.25, -0.2) is 8.42 Å². The molecule has 1 aliphatic heterocycles. The van der Waals surface area contributed by atoms with Crippen LogP contribution in [0.3, 0.4) is 0 Å². The summed E-state index contributed by atoms with van der Waals surface area (Å²) in [6.45, 7) is 6.69. The quantitative estimate of drug-likeness (QED) is 0.615. The maximum Gasteiger partial charge on any atom is 0.254 e. The SMILES string of the molecule is CC(C)(C)[C@@H]1CCc2c(sc(NC(=O)/C=C/c3ccco3)c2C(=O)N[C@H]2CCS(=O)(=O)C2)C1. The highest BCUT2D eigenvalue weighted by atomic mass is 32.2. The molecule has 1 fully saturated rings. The van der Waals surface area contributed by atoms with Gasteiger partial charge in [0.05, 0.1) is 23.3 Å². The zero-order valence-corrected chi connectivity index (χ0v) is 20.8. The normalized spacial score (nSPS) is 22.3. The molecule has 0 aromatic carbocycles. The highest BCUT2D eigenvalue weighted by Gasteiger charge is 2.35. The van der Waals surface area contributed by atoms with E-state index in [9.17, 15) is 18.0 Å². The molecule has 0 saturated carbocycles. The number of furan rings is 1. The van der Waals surface area contributed by atoms with Gasteiger partial charge < -0.3 is 15.1 Å². The van der Waals surface area contributed by atoms with E-state index in [-0.39, 0.29) is 28.7 Å². The average molecular weight is 491 g/mol. The van der Waals surface area contributed by atoms with Gasteiger partial charge in [-0.2, -0.15) is 0 Å². The summed E-state index contributed by atoms with van der Waals surface area (Å²) in [5, 5.41) is 6.29. The van der Waals surface area contributed by atoms with Crippen molar-refractivity contribution in [3.63, 3.8) is 0 Å². The van der Waals surface area contributed by atoms with Crippen molar-refractivity contribution in [3.8, 4) is 0 Å². The van der Waals surface area contributed by atoms with Gasteiger partial charge in [-0.05, 0) is 60.8 Å². The van der Waals surface area contributed by atoms with Crippen LogP contribution in [-0.4, -0.2) is 37.8 Å². The number of nitrogens with one attached hydrogen (secondary N) is 2. The minimum absolute atomic E-state index is 0.0370. The van der Waals surface area contributed by atoms with E-state index in [1.807, 2.05) is 0 Å². The number of hydrogen-bond acceptors (Lipinski definition) is 6. The molecule has 1 saturated heterocycles. The van der Waals surface area contributed by atoms with Gasteiger partial charge in [0.15, 0.2) is 9.84 Å². The molecular formula is C24H30N2O5S2. The molecular weight excluding hydrogens is 460 g/mol. The van der Waals surface area contributed by atoms with Gasteiger partial charge in [0.2, 0.25) is 5.91 Å². The van der Waals surface area contributed by atoms with E-state index >= 15 is 0 Å². The number of amides is 2. The third-order valence-corrected chi connectivity index (χ3v) is 9.40. The van der Waals surface area contributed by atoms with E-state index in [2.05, 4.69) is 31.4 Å². The van der Waals surface area contributed by atoms with Crippen molar-refractivity contribution in [1.82, 2.24) is 5.32 Å². The third kappa shape index (κ3) is 5.58. The van der Waals surface area contributed by atoms with Crippen molar-refractivity contribution < 1.29 is 22.4 Å². The van der Waals surface area contributed by atoms with Crippen LogP contribution >= 0.6 is 11.3 Å². The second kappa shape index (κ2) is 9.10. The fourth-order valence-corrected chi connectivity index (χ4v) is 7.52. The second-order valence-corrected chi connectivity index (χ2v) is 13.3. The van der Waals surface area contributed by atoms with E-state index in [1.54, 1.807) is 18.2 Å². The highest BCUT2D eigenvalue weighted by molar-refractivity contribution is 7.91. The molecule has 2 aromatic rings. The van der Waals surface area contributed by atoms with Gasteiger partial charge in [-0.3, -0.25) is 9.59 Å². The largest absolute Gasteiger partial charge is 0.465 e. The van der Waals surface area contributed by atoms with Crippen molar-refractivity contribution in [1.29, 1.82) is 0 Å². The number of fused-ring (bicyclic) bond motifs is 1. The number of sulfone groups is 1. The first-order valence-electron chi connectivity index (χ1n) is 11.2. The van der Waals surface area contributed by atoms with Gasteiger partial charge in [0, 0.05) is 17.0 Å². The Labute approximate surface area is 198 Å². The average Bonchev–Trinajstić information content (AvgIpc) is 3.43. The first-order valence-corrected chi connectivity index (χ1v) is 13.8. The molecule has 2 amide bonds. The van der Waals surface area contributed by atoms with Crippen molar-refractivity contribution >= 4 is 44.1 Å². The standard InChI is InChI=1S/C24H30N2O5S2/c1-24(2,3)15-6-8-18-19(13-15)32-23(26-20(27)9-7-17-5-4-11-31-17)21(18)22(28)25-16-10-12-33(29,30)14-16/h4-5,7,9,11,15-16H,6,8,10,12-14H2,1-3H3,(H,25,28)(H,26,27)/b9-7+/t15-,16+/m1/s1. The summed E-state index contributed by atoms with van der Waals surface area (Å²) < 4.78 is 28.9. The molecule has 7 nitrogen and oxygen atoms in total. The van der Waals surface area contributed by atoms with Gasteiger partial charge in [-0.1, -0.05) is 20.8 Å². The molecule has 0 radical (unpaired) electrons. The summed E-state index contributed by atoms with van der Waals surface area (Å²) in [5.41, 5.74) is 1.60. The molecule has 9 heteroatoms. The lowest BCUT2D eigenvalue weighted by molar-refractivity contribution is -0.111. The molecule has 2 N–H and O–H groups in total. The number of carbonyl (C=O) groups is 2. The Balaban J connectivity index is 1.59. The van der Waals surface area contributed by atoms with Crippen LogP contribution < -0.4 is 10.6 Å². The fraction of sp³-hybridized carbons (Fsp3) is 0.500. The first-order chi connectivity index (χ1) is 15.5. The monoisotopic (exact) mass is 490 g/mol. The summed E-state index contributed by atoms with van der Waals surface area (Å²) in [6, 6.07) is 3.09. The molecule has 0 unspecified atom stereocenters. The third-order valence-electron chi connectivity index (χ3n) is 6.46. The zero-order valence-electron chi connectivity index (χ0n) is 19.1. The minimum Gasteiger partial charge on any atom is -0.465 e. The number of anilines is 1. The van der Waals surface area contributed by atoms with Gasteiger partial charge in [0.25, 0.3) is 5.91 Å². The molecule has 2 aromatic heterocycles. The lowest BCUT2D eigenvalue weighted by atomic mass is 9.72. The van der Waals surface area contributed by atoms with E-state index < -0.39 is 15.9 Å². The summed E-state index contributed by atoms with van der Waals surface area (Å²) in [5.74, 6) is 0.439. The zero-order chi connectivity index (χ0) is 23.8. The Bertz CT molecular complexity index is 1170. The van der Waals surface area contributed by atoms with E-state index in [4.69, 9.17) is 4.42 Å². The Kier molecular flexibility index (Phi) is 6.55. The van der Waals surface area contributed by atoms with Crippen LogP contribution in [0.2, 0.25) is 0 Å². The molecule has 2 atom stereocenters. The summed E-state index contributed by atoms with van der Waals surface area (Å²) in [6.07, 6.45) is 7.49. The van der Waals surface area contributed by atoms with E-state index in [1.165, 1.54) is 23.7 Å². The Hall–Kier alpha value is -2.39. The molecule has 0 spiro atoms. The van der Waals surface area contributed by atoms with Crippen molar-refractivity contribution in [2.75, 3.05) is 16.8 Å². The lowest BCUT2D eigenvalue weighted by Crippen LogP contribution is -2.36. The molecule has 0 bridgehead atoms. The van der Waals surface area contributed by atoms with Gasteiger partial charge >= 0.3 is 0 Å². The van der Waals surface area contributed by atoms with Crippen molar-refractivity contribution in [3.05, 3.63) is 46.2 Å². The van der Waals surface area contributed by atoms with Crippen LogP contribution in [0, 0.1) is 11.3 Å². The Morgan fingerprint density at radius 3 is 2.67 bits per heavy atom. The van der Waals surface area contributed by atoms with Crippen LogP contribution in [0.5, 0.6) is 0 Å². The van der Waals surface area contributed by atoms with E-state index in [0.717, 1.165) is 29.7 Å². The number of rotatable bonds is 5.